The van der Waals surface area contributed by atoms with Crippen LogP contribution in [-0.4, -0.2) is 21.5 Å². The fourth-order valence-corrected chi connectivity index (χ4v) is 3.67. The SMILES string of the molecule is CCC[C@H](C(=O)N[C@@H](C)CC)n1c(Cc2ccccc2Cl)nc2ccccc21. The summed E-state index contributed by atoms with van der Waals surface area (Å²) < 4.78 is 2.11. The molecule has 0 saturated carbocycles. The molecular weight excluding hydrogens is 370 g/mol. The van der Waals surface area contributed by atoms with Gasteiger partial charge in [0, 0.05) is 17.5 Å². The third kappa shape index (κ3) is 4.39. The molecule has 1 aromatic heterocycles. The summed E-state index contributed by atoms with van der Waals surface area (Å²) in [5, 5.41) is 3.88. The first-order chi connectivity index (χ1) is 13.5. The minimum Gasteiger partial charge on any atom is -0.352 e. The molecule has 2 aromatic carbocycles. The molecule has 0 aliphatic heterocycles. The normalized spacial score (nSPS) is 13.4. The molecule has 4 nitrogen and oxygen atoms in total. The van der Waals surface area contributed by atoms with E-state index in [4.69, 9.17) is 16.6 Å². The van der Waals surface area contributed by atoms with Crippen molar-refractivity contribution < 1.29 is 4.79 Å². The van der Waals surface area contributed by atoms with Gasteiger partial charge in [-0.25, -0.2) is 4.98 Å². The lowest BCUT2D eigenvalue weighted by Crippen LogP contribution is -2.38. The number of imidazole rings is 1. The number of amides is 1. The Balaban J connectivity index is 2.08. The van der Waals surface area contributed by atoms with Crippen LogP contribution in [0.25, 0.3) is 11.0 Å². The van der Waals surface area contributed by atoms with E-state index >= 15 is 0 Å². The Bertz CT molecular complexity index is 950. The van der Waals surface area contributed by atoms with Crippen LogP contribution in [0.4, 0.5) is 0 Å². The molecule has 0 bridgehead atoms. The van der Waals surface area contributed by atoms with Gasteiger partial charge in [0.2, 0.25) is 5.91 Å². The number of nitrogens with one attached hydrogen (secondary N) is 1. The molecule has 1 heterocycles. The zero-order valence-electron chi connectivity index (χ0n) is 16.8. The quantitative estimate of drug-likeness (QED) is 0.542. The number of fused-ring (bicyclic) bond motifs is 1. The summed E-state index contributed by atoms with van der Waals surface area (Å²) in [7, 11) is 0. The Labute approximate surface area is 171 Å². The van der Waals surface area contributed by atoms with Crippen LogP contribution in [0.3, 0.4) is 0 Å². The van der Waals surface area contributed by atoms with E-state index < -0.39 is 0 Å². The first kappa shape index (κ1) is 20.4. The van der Waals surface area contributed by atoms with Crippen molar-refractivity contribution in [2.24, 2.45) is 0 Å². The molecule has 0 aliphatic rings. The molecule has 0 saturated heterocycles. The van der Waals surface area contributed by atoms with Gasteiger partial charge in [0.1, 0.15) is 11.9 Å². The average molecular weight is 398 g/mol. The molecule has 0 radical (unpaired) electrons. The molecular formula is C23H28ClN3O. The van der Waals surface area contributed by atoms with E-state index in [1.165, 1.54) is 0 Å². The third-order valence-electron chi connectivity index (χ3n) is 5.15. The van der Waals surface area contributed by atoms with Crippen LogP contribution in [0.15, 0.2) is 48.5 Å². The number of hydrogen-bond donors (Lipinski definition) is 1. The van der Waals surface area contributed by atoms with Crippen molar-refractivity contribution in [2.45, 2.75) is 58.5 Å². The highest BCUT2D eigenvalue weighted by molar-refractivity contribution is 6.31. The molecule has 0 aliphatic carbocycles. The van der Waals surface area contributed by atoms with E-state index in [0.717, 1.165) is 46.7 Å². The summed E-state index contributed by atoms with van der Waals surface area (Å²) in [5.74, 6) is 0.923. The Hall–Kier alpha value is -2.33. The van der Waals surface area contributed by atoms with Gasteiger partial charge in [0.25, 0.3) is 0 Å². The number of aromatic nitrogens is 2. The van der Waals surface area contributed by atoms with Crippen LogP contribution in [0.5, 0.6) is 0 Å². The van der Waals surface area contributed by atoms with Crippen LogP contribution in [0.2, 0.25) is 5.02 Å². The zero-order chi connectivity index (χ0) is 20.1. The van der Waals surface area contributed by atoms with Gasteiger partial charge in [-0.05, 0) is 43.5 Å². The number of para-hydroxylation sites is 2. The maximum Gasteiger partial charge on any atom is 0.243 e. The highest BCUT2D eigenvalue weighted by Gasteiger charge is 2.26. The molecule has 148 valence electrons. The van der Waals surface area contributed by atoms with E-state index in [2.05, 4.69) is 23.7 Å². The molecule has 28 heavy (non-hydrogen) atoms. The maximum atomic E-state index is 13.1. The number of carbonyl (C=O) groups is 1. The lowest BCUT2D eigenvalue weighted by molar-refractivity contribution is -0.125. The largest absolute Gasteiger partial charge is 0.352 e. The molecule has 3 aromatic rings. The molecule has 0 fully saturated rings. The average Bonchev–Trinajstić information content (AvgIpc) is 3.05. The van der Waals surface area contributed by atoms with Gasteiger partial charge < -0.3 is 9.88 Å². The lowest BCUT2D eigenvalue weighted by Gasteiger charge is -2.23. The number of halogens is 1. The molecule has 1 amide bonds. The van der Waals surface area contributed by atoms with Gasteiger partial charge in [-0.2, -0.15) is 0 Å². The van der Waals surface area contributed by atoms with Crippen LogP contribution in [0, 0.1) is 0 Å². The number of hydrogen-bond acceptors (Lipinski definition) is 2. The van der Waals surface area contributed by atoms with Crippen molar-refractivity contribution in [1.29, 1.82) is 0 Å². The summed E-state index contributed by atoms with van der Waals surface area (Å²) in [6.45, 7) is 6.23. The molecule has 0 spiro atoms. The monoisotopic (exact) mass is 397 g/mol. The van der Waals surface area contributed by atoms with Crippen LogP contribution < -0.4 is 5.32 Å². The van der Waals surface area contributed by atoms with Crippen molar-refractivity contribution >= 4 is 28.5 Å². The Morgan fingerprint density at radius 3 is 2.57 bits per heavy atom. The Morgan fingerprint density at radius 2 is 1.86 bits per heavy atom. The van der Waals surface area contributed by atoms with Gasteiger partial charge in [-0.1, -0.05) is 62.2 Å². The Morgan fingerprint density at radius 1 is 1.14 bits per heavy atom. The fraction of sp³-hybridized carbons (Fsp3) is 0.391. The lowest BCUT2D eigenvalue weighted by atomic mass is 10.1. The summed E-state index contributed by atoms with van der Waals surface area (Å²) in [6, 6.07) is 15.7. The second-order valence-electron chi connectivity index (χ2n) is 7.28. The second kappa shape index (κ2) is 9.24. The Kier molecular flexibility index (Phi) is 6.74. The van der Waals surface area contributed by atoms with Crippen molar-refractivity contribution in [3.05, 3.63) is 64.9 Å². The highest BCUT2D eigenvalue weighted by Crippen LogP contribution is 2.28. The molecule has 0 unspecified atom stereocenters. The number of benzene rings is 2. The number of nitrogens with zero attached hydrogens (tertiary/aromatic N) is 2. The standard InChI is InChI=1S/C23H28ClN3O/c1-4-10-21(23(28)25-16(3)5-2)27-20-14-9-8-13-19(20)26-22(27)15-17-11-6-7-12-18(17)24/h6-9,11-14,16,21H,4-5,10,15H2,1-3H3,(H,25,28)/t16-,21+/m0/s1. The smallest absolute Gasteiger partial charge is 0.243 e. The minimum absolute atomic E-state index is 0.0553. The van der Waals surface area contributed by atoms with E-state index in [-0.39, 0.29) is 18.0 Å². The molecule has 3 rings (SSSR count). The molecule has 5 heteroatoms. The summed E-state index contributed by atoms with van der Waals surface area (Å²) in [6.07, 6.45) is 3.17. The summed E-state index contributed by atoms with van der Waals surface area (Å²) in [4.78, 5) is 18.0. The van der Waals surface area contributed by atoms with Crippen LogP contribution in [0.1, 0.15) is 57.5 Å². The molecule has 2 atom stereocenters. The van der Waals surface area contributed by atoms with Gasteiger partial charge in [0.05, 0.1) is 11.0 Å². The third-order valence-corrected chi connectivity index (χ3v) is 5.52. The van der Waals surface area contributed by atoms with Crippen LogP contribution in [-0.2, 0) is 11.2 Å². The van der Waals surface area contributed by atoms with E-state index in [0.29, 0.717) is 6.42 Å². The van der Waals surface area contributed by atoms with Crippen molar-refractivity contribution in [3.8, 4) is 0 Å². The zero-order valence-corrected chi connectivity index (χ0v) is 17.5. The van der Waals surface area contributed by atoms with Crippen molar-refractivity contribution in [2.75, 3.05) is 0 Å². The van der Waals surface area contributed by atoms with Gasteiger partial charge in [-0.15, -0.1) is 0 Å². The predicted octanol–water partition coefficient (Wildman–Crippen LogP) is 5.54. The van der Waals surface area contributed by atoms with Gasteiger partial charge in [-0.3, -0.25) is 4.79 Å². The number of rotatable bonds is 8. The summed E-state index contributed by atoms with van der Waals surface area (Å²) in [5.41, 5.74) is 2.91. The van der Waals surface area contributed by atoms with E-state index in [1.54, 1.807) is 0 Å². The first-order valence-electron chi connectivity index (χ1n) is 10.0. The highest BCUT2D eigenvalue weighted by atomic mass is 35.5. The summed E-state index contributed by atoms with van der Waals surface area (Å²) >= 11 is 6.40. The van der Waals surface area contributed by atoms with E-state index in [1.807, 2.05) is 55.5 Å². The first-order valence-corrected chi connectivity index (χ1v) is 10.4. The minimum atomic E-state index is -0.288. The van der Waals surface area contributed by atoms with Crippen LogP contribution >= 0.6 is 11.6 Å². The van der Waals surface area contributed by atoms with Gasteiger partial charge >= 0.3 is 0 Å². The second-order valence-corrected chi connectivity index (χ2v) is 7.68. The maximum absolute atomic E-state index is 13.1. The van der Waals surface area contributed by atoms with Crippen molar-refractivity contribution in [1.82, 2.24) is 14.9 Å². The van der Waals surface area contributed by atoms with E-state index in [9.17, 15) is 4.79 Å². The topological polar surface area (TPSA) is 46.9 Å². The fourth-order valence-electron chi connectivity index (χ4n) is 3.47. The van der Waals surface area contributed by atoms with Gasteiger partial charge in [0.15, 0.2) is 0 Å². The number of carbonyl (C=O) groups excluding carboxylic acids is 1. The predicted molar refractivity (Wildman–Crippen MR) is 116 cm³/mol. The molecule has 1 N–H and O–H groups in total. The van der Waals surface area contributed by atoms with Crippen molar-refractivity contribution in [3.63, 3.8) is 0 Å².